The van der Waals surface area contributed by atoms with Crippen LogP contribution in [-0.2, 0) is 16.0 Å². The van der Waals surface area contributed by atoms with Crippen LogP contribution in [0.1, 0.15) is 32.3 Å². The topological polar surface area (TPSA) is 46.6 Å². The second-order valence-corrected chi connectivity index (χ2v) is 7.19. The number of benzene rings is 1. The molecule has 22 heavy (non-hydrogen) atoms. The minimum atomic E-state index is 0.0885. The van der Waals surface area contributed by atoms with Gasteiger partial charge in [0.25, 0.3) is 0 Å². The van der Waals surface area contributed by atoms with Gasteiger partial charge in [-0.05, 0) is 37.5 Å². The molecule has 120 valence electrons. The van der Waals surface area contributed by atoms with E-state index in [1.54, 1.807) is 14.0 Å². The maximum absolute atomic E-state index is 12.1. The second-order valence-electron chi connectivity index (χ2n) is 5.72. The minimum absolute atomic E-state index is 0.0885. The van der Waals surface area contributed by atoms with Gasteiger partial charge in [-0.25, -0.2) is 0 Å². The smallest absolute Gasteiger partial charge is 0.224 e. The van der Waals surface area contributed by atoms with Crippen LogP contribution in [0.15, 0.2) is 24.3 Å². The summed E-state index contributed by atoms with van der Waals surface area (Å²) in [6.45, 7) is 4.33. The molecule has 0 N–H and O–H groups in total. The molecule has 1 aliphatic rings. The van der Waals surface area contributed by atoms with E-state index in [2.05, 4.69) is 19.1 Å². The van der Waals surface area contributed by atoms with Gasteiger partial charge < -0.3 is 9.64 Å². The average Bonchev–Trinajstić information content (AvgIpc) is 2.85. The van der Waals surface area contributed by atoms with Gasteiger partial charge in [-0.2, -0.15) is 0 Å². The molecule has 0 saturated carbocycles. The van der Waals surface area contributed by atoms with Crippen LogP contribution in [0, 0.1) is 0 Å². The second kappa shape index (κ2) is 7.68. The summed E-state index contributed by atoms with van der Waals surface area (Å²) in [7, 11) is 1.66. The summed E-state index contributed by atoms with van der Waals surface area (Å²) in [5, 5.41) is 0.207. The van der Waals surface area contributed by atoms with Crippen molar-refractivity contribution in [2.45, 2.75) is 44.4 Å². The lowest BCUT2D eigenvalue weighted by atomic mass is 10.1. The first kappa shape index (κ1) is 16.9. The highest BCUT2D eigenvalue weighted by molar-refractivity contribution is 8.14. The zero-order valence-corrected chi connectivity index (χ0v) is 14.2. The van der Waals surface area contributed by atoms with E-state index < -0.39 is 0 Å². The van der Waals surface area contributed by atoms with E-state index in [1.807, 2.05) is 17.0 Å². The molecule has 1 heterocycles. The Morgan fingerprint density at radius 1 is 1.41 bits per heavy atom. The van der Waals surface area contributed by atoms with Gasteiger partial charge in [0.05, 0.1) is 7.11 Å². The zero-order chi connectivity index (χ0) is 16.1. The summed E-state index contributed by atoms with van der Waals surface area (Å²) in [6.07, 6.45) is 2.34. The van der Waals surface area contributed by atoms with Gasteiger partial charge >= 0.3 is 0 Å². The fraction of sp³-hybridized carbons (Fsp3) is 0.529. The largest absolute Gasteiger partial charge is 0.497 e. The van der Waals surface area contributed by atoms with Crippen molar-refractivity contribution >= 4 is 22.8 Å². The van der Waals surface area contributed by atoms with Gasteiger partial charge in [-0.1, -0.05) is 23.9 Å². The number of rotatable bonds is 6. The Balaban J connectivity index is 1.85. The van der Waals surface area contributed by atoms with Gasteiger partial charge in [0.15, 0.2) is 5.12 Å². The Labute approximate surface area is 136 Å². The summed E-state index contributed by atoms with van der Waals surface area (Å²) in [5.74, 6) is 1.02. The fourth-order valence-electron chi connectivity index (χ4n) is 2.76. The van der Waals surface area contributed by atoms with E-state index in [9.17, 15) is 9.59 Å². The van der Waals surface area contributed by atoms with Crippen LogP contribution in [-0.4, -0.2) is 40.9 Å². The number of hydrogen-bond donors (Lipinski definition) is 0. The molecule has 1 aromatic rings. The molecule has 1 saturated heterocycles. The van der Waals surface area contributed by atoms with Gasteiger partial charge in [-0.3, -0.25) is 9.59 Å². The van der Waals surface area contributed by atoms with Crippen molar-refractivity contribution in [1.29, 1.82) is 0 Å². The van der Waals surface area contributed by atoms with Crippen LogP contribution in [0.2, 0.25) is 0 Å². The number of likely N-dealkylation sites (tertiary alicyclic amines) is 1. The molecule has 2 rings (SSSR count). The van der Waals surface area contributed by atoms with Crippen LogP contribution in [0.3, 0.4) is 0 Å². The summed E-state index contributed by atoms with van der Waals surface area (Å²) >= 11 is 1.29. The Morgan fingerprint density at radius 2 is 2.09 bits per heavy atom. The van der Waals surface area contributed by atoms with E-state index in [1.165, 1.54) is 17.3 Å². The van der Waals surface area contributed by atoms with Crippen LogP contribution in [0.5, 0.6) is 5.75 Å². The van der Waals surface area contributed by atoms with Gasteiger partial charge in [0.2, 0.25) is 5.91 Å². The molecule has 0 radical (unpaired) electrons. The SMILES string of the molecule is COc1ccc(CCC(C)N2CC(SC(C)=O)CC2=O)cc1. The molecule has 1 aliphatic heterocycles. The standard InChI is InChI=1S/C17H23NO3S/c1-12(4-5-14-6-8-15(21-3)9-7-14)18-11-16(10-17(18)20)22-13(2)19/h6-9,12,16H,4-5,10-11H2,1-3H3. The molecule has 1 aromatic carbocycles. The number of carbonyl (C=O) groups is 2. The van der Waals surface area contributed by atoms with Crippen LogP contribution >= 0.6 is 11.8 Å². The quantitative estimate of drug-likeness (QED) is 0.808. The monoisotopic (exact) mass is 321 g/mol. The number of hydrogen-bond acceptors (Lipinski definition) is 4. The molecule has 0 bridgehead atoms. The summed E-state index contributed by atoms with van der Waals surface area (Å²) < 4.78 is 5.15. The molecule has 4 nitrogen and oxygen atoms in total. The lowest BCUT2D eigenvalue weighted by molar-refractivity contribution is -0.129. The maximum atomic E-state index is 12.1. The summed E-state index contributed by atoms with van der Waals surface area (Å²) in [4.78, 5) is 25.2. The van der Waals surface area contributed by atoms with E-state index in [-0.39, 0.29) is 22.3 Å². The Kier molecular flexibility index (Phi) is 5.89. The number of methoxy groups -OCH3 is 1. The van der Waals surface area contributed by atoms with Crippen molar-refractivity contribution < 1.29 is 14.3 Å². The normalized spacial score (nSPS) is 19.3. The average molecular weight is 321 g/mol. The van der Waals surface area contributed by atoms with E-state index in [0.29, 0.717) is 13.0 Å². The first-order chi connectivity index (χ1) is 10.5. The van der Waals surface area contributed by atoms with Crippen molar-refractivity contribution in [2.75, 3.05) is 13.7 Å². The lowest BCUT2D eigenvalue weighted by Gasteiger charge is -2.24. The first-order valence-corrected chi connectivity index (χ1v) is 8.47. The van der Waals surface area contributed by atoms with Crippen LogP contribution in [0.4, 0.5) is 0 Å². The molecule has 0 spiro atoms. The fourth-order valence-corrected chi connectivity index (χ4v) is 3.69. The Morgan fingerprint density at radius 3 is 2.68 bits per heavy atom. The van der Waals surface area contributed by atoms with Crippen molar-refractivity contribution in [3.63, 3.8) is 0 Å². The molecule has 1 amide bonds. The highest BCUT2D eigenvalue weighted by Crippen LogP contribution is 2.26. The number of nitrogens with zero attached hydrogens (tertiary/aromatic N) is 1. The molecular formula is C17H23NO3S. The van der Waals surface area contributed by atoms with E-state index in [0.717, 1.165) is 18.6 Å². The van der Waals surface area contributed by atoms with Gasteiger partial charge in [-0.15, -0.1) is 0 Å². The Hall–Kier alpha value is -1.49. The molecule has 1 fully saturated rings. The molecule has 2 unspecified atom stereocenters. The van der Waals surface area contributed by atoms with E-state index in [4.69, 9.17) is 4.74 Å². The summed E-state index contributed by atoms with van der Waals surface area (Å²) in [6, 6.07) is 8.24. The van der Waals surface area contributed by atoms with Crippen LogP contribution in [0.25, 0.3) is 0 Å². The third-order valence-electron chi connectivity index (χ3n) is 4.00. The first-order valence-electron chi connectivity index (χ1n) is 7.59. The highest BCUT2D eigenvalue weighted by atomic mass is 32.2. The van der Waals surface area contributed by atoms with Crippen molar-refractivity contribution in [3.05, 3.63) is 29.8 Å². The molecule has 0 aromatic heterocycles. The molecule has 0 aliphatic carbocycles. The molecular weight excluding hydrogens is 298 g/mol. The lowest BCUT2D eigenvalue weighted by Crippen LogP contribution is -2.35. The van der Waals surface area contributed by atoms with Crippen molar-refractivity contribution in [3.8, 4) is 5.75 Å². The third kappa shape index (κ3) is 4.50. The predicted octanol–water partition coefficient (Wildman–Crippen LogP) is 2.90. The van der Waals surface area contributed by atoms with Gasteiger partial charge in [0, 0.05) is 31.2 Å². The number of thioether (sulfide) groups is 1. The predicted molar refractivity (Wildman–Crippen MR) is 89.2 cm³/mol. The number of aryl methyl sites for hydroxylation is 1. The number of carbonyl (C=O) groups excluding carboxylic acids is 2. The molecule has 2 atom stereocenters. The number of amides is 1. The van der Waals surface area contributed by atoms with Crippen LogP contribution < -0.4 is 4.74 Å². The number of ether oxygens (including phenoxy) is 1. The Bertz CT molecular complexity index is 529. The summed E-state index contributed by atoms with van der Waals surface area (Å²) in [5.41, 5.74) is 1.24. The van der Waals surface area contributed by atoms with Crippen molar-refractivity contribution in [2.24, 2.45) is 0 Å². The van der Waals surface area contributed by atoms with Gasteiger partial charge in [0.1, 0.15) is 5.75 Å². The maximum Gasteiger partial charge on any atom is 0.224 e. The minimum Gasteiger partial charge on any atom is -0.497 e. The highest BCUT2D eigenvalue weighted by Gasteiger charge is 2.33. The zero-order valence-electron chi connectivity index (χ0n) is 13.4. The van der Waals surface area contributed by atoms with Crippen molar-refractivity contribution in [1.82, 2.24) is 4.90 Å². The molecule has 5 heteroatoms. The van der Waals surface area contributed by atoms with E-state index >= 15 is 0 Å². The third-order valence-corrected chi connectivity index (χ3v) is 4.98.